The summed E-state index contributed by atoms with van der Waals surface area (Å²) >= 11 is 0. The van der Waals surface area contributed by atoms with E-state index in [0.717, 1.165) is 0 Å². The third-order valence-corrected chi connectivity index (χ3v) is 5.12. The summed E-state index contributed by atoms with van der Waals surface area (Å²) in [6.07, 6.45) is 1.92. The van der Waals surface area contributed by atoms with Crippen molar-refractivity contribution >= 4 is 15.7 Å². The number of sulfone groups is 1. The summed E-state index contributed by atoms with van der Waals surface area (Å²) in [6.45, 7) is -0.237. The Morgan fingerprint density at radius 2 is 2.29 bits per heavy atom. The van der Waals surface area contributed by atoms with Gasteiger partial charge < -0.3 is 10.0 Å². The van der Waals surface area contributed by atoms with Crippen molar-refractivity contribution in [1.82, 2.24) is 9.88 Å². The van der Waals surface area contributed by atoms with E-state index in [2.05, 4.69) is 16.8 Å². The first-order chi connectivity index (χ1) is 9.93. The van der Waals surface area contributed by atoms with Crippen molar-refractivity contribution in [3.63, 3.8) is 0 Å². The number of aromatic nitrogens is 1. The molecule has 0 aliphatic carbocycles. The Morgan fingerprint density at radius 3 is 2.81 bits per heavy atom. The van der Waals surface area contributed by atoms with Gasteiger partial charge in [0, 0.05) is 24.8 Å². The lowest BCUT2D eigenvalue weighted by atomic mass is 10.2. The summed E-state index contributed by atoms with van der Waals surface area (Å²) in [7, 11) is -1.44. The second-order valence-electron chi connectivity index (χ2n) is 4.86. The van der Waals surface area contributed by atoms with Gasteiger partial charge >= 0.3 is 0 Å². The zero-order valence-corrected chi connectivity index (χ0v) is 12.4. The molecule has 1 amide bonds. The third-order valence-electron chi connectivity index (χ3n) is 3.37. The maximum atomic E-state index is 12.3. The predicted molar refractivity (Wildman–Crippen MR) is 77.4 cm³/mol. The molecule has 0 radical (unpaired) electrons. The fourth-order valence-corrected chi connectivity index (χ4v) is 3.94. The molecular formula is C14H16N2O4S. The molecule has 21 heavy (non-hydrogen) atoms. The number of carbonyl (C=O) groups is 1. The summed E-state index contributed by atoms with van der Waals surface area (Å²) in [4.78, 5) is 17.7. The van der Waals surface area contributed by atoms with E-state index in [1.54, 1.807) is 19.2 Å². The van der Waals surface area contributed by atoms with E-state index in [9.17, 15) is 13.2 Å². The smallest absolute Gasteiger partial charge is 0.272 e. The molecular weight excluding hydrogens is 292 g/mol. The second kappa shape index (κ2) is 6.24. The molecule has 1 aliphatic rings. The van der Waals surface area contributed by atoms with Crippen LogP contribution in [0.4, 0.5) is 0 Å². The van der Waals surface area contributed by atoms with Crippen LogP contribution < -0.4 is 0 Å². The van der Waals surface area contributed by atoms with E-state index in [1.807, 2.05) is 0 Å². The van der Waals surface area contributed by atoms with Gasteiger partial charge in [0.1, 0.15) is 12.3 Å². The normalized spacial score (nSPS) is 19.6. The Balaban J connectivity index is 2.09. The lowest BCUT2D eigenvalue weighted by Gasteiger charge is -2.22. The standard InChI is InChI=1S/C14H16N2O4S/c1-16(12-6-8-21(19,20)10-12)14(18)13-5-4-11(9-15-13)3-2-7-17/h4-5,9,12,17H,6-8,10H2,1H3. The average Bonchev–Trinajstić information content (AvgIpc) is 2.84. The van der Waals surface area contributed by atoms with Gasteiger partial charge in [-0.3, -0.25) is 4.79 Å². The molecule has 2 rings (SSSR count). The van der Waals surface area contributed by atoms with Crippen LogP contribution in [-0.4, -0.2) is 60.5 Å². The quantitative estimate of drug-likeness (QED) is 0.757. The first kappa shape index (κ1) is 15.5. The molecule has 2 heterocycles. The number of nitrogens with zero attached hydrogens (tertiary/aromatic N) is 2. The number of aliphatic hydroxyl groups excluding tert-OH is 1. The van der Waals surface area contributed by atoms with Crippen molar-refractivity contribution in [3.8, 4) is 11.8 Å². The van der Waals surface area contributed by atoms with Crippen molar-refractivity contribution in [2.75, 3.05) is 25.2 Å². The molecule has 1 aliphatic heterocycles. The molecule has 112 valence electrons. The largest absolute Gasteiger partial charge is 0.384 e. The number of hydrogen-bond donors (Lipinski definition) is 1. The van der Waals surface area contributed by atoms with Crippen LogP contribution >= 0.6 is 0 Å². The highest BCUT2D eigenvalue weighted by molar-refractivity contribution is 7.91. The summed E-state index contributed by atoms with van der Waals surface area (Å²) in [5.74, 6) is 5.01. The molecule has 1 fully saturated rings. The van der Waals surface area contributed by atoms with E-state index >= 15 is 0 Å². The summed E-state index contributed by atoms with van der Waals surface area (Å²) in [5, 5.41) is 8.60. The van der Waals surface area contributed by atoms with Gasteiger partial charge in [-0.25, -0.2) is 13.4 Å². The monoisotopic (exact) mass is 308 g/mol. The molecule has 1 atom stereocenters. The van der Waals surface area contributed by atoms with Gasteiger partial charge in [0.2, 0.25) is 0 Å². The highest BCUT2D eigenvalue weighted by atomic mass is 32.2. The van der Waals surface area contributed by atoms with Crippen LogP contribution in [0.3, 0.4) is 0 Å². The molecule has 7 heteroatoms. The number of carbonyl (C=O) groups excluding carboxylic acids is 1. The van der Waals surface area contributed by atoms with E-state index in [4.69, 9.17) is 5.11 Å². The Morgan fingerprint density at radius 1 is 1.52 bits per heavy atom. The van der Waals surface area contributed by atoms with Gasteiger partial charge in [0.25, 0.3) is 5.91 Å². The predicted octanol–water partition coefficient (Wildman–Crippen LogP) is -0.315. The summed E-state index contributed by atoms with van der Waals surface area (Å²) < 4.78 is 22.9. The second-order valence-corrected chi connectivity index (χ2v) is 7.09. The van der Waals surface area contributed by atoms with Crippen molar-refractivity contribution in [2.45, 2.75) is 12.5 Å². The number of aliphatic hydroxyl groups is 1. The highest BCUT2D eigenvalue weighted by Gasteiger charge is 2.33. The molecule has 1 N–H and O–H groups in total. The first-order valence-corrected chi connectivity index (χ1v) is 8.28. The average molecular weight is 308 g/mol. The van der Waals surface area contributed by atoms with Crippen molar-refractivity contribution in [2.24, 2.45) is 0 Å². The fourth-order valence-electron chi connectivity index (χ4n) is 2.16. The van der Waals surface area contributed by atoms with Crippen LogP contribution in [0, 0.1) is 11.8 Å². The van der Waals surface area contributed by atoms with Crippen LogP contribution in [-0.2, 0) is 9.84 Å². The minimum atomic E-state index is -3.03. The number of pyridine rings is 1. The van der Waals surface area contributed by atoms with Crippen LogP contribution in [0.5, 0.6) is 0 Å². The summed E-state index contributed by atoms with van der Waals surface area (Å²) in [6, 6.07) is 2.89. The third kappa shape index (κ3) is 3.80. The van der Waals surface area contributed by atoms with Gasteiger partial charge in [0.05, 0.1) is 11.5 Å². The van der Waals surface area contributed by atoms with E-state index in [1.165, 1.54) is 11.1 Å². The lowest BCUT2D eigenvalue weighted by Crippen LogP contribution is -2.38. The lowest BCUT2D eigenvalue weighted by molar-refractivity contribution is 0.0742. The van der Waals surface area contributed by atoms with Crippen LogP contribution in [0.2, 0.25) is 0 Å². The number of rotatable bonds is 2. The van der Waals surface area contributed by atoms with Gasteiger partial charge in [-0.15, -0.1) is 0 Å². The first-order valence-electron chi connectivity index (χ1n) is 6.46. The molecule has 0 spiro atoms. The molecule has 1 saturated heterocycles. The molecule has 0 bridgehead atoms. The minimum Gasteiger partial charge on any atom is -0.384 e. The van der Waals surface area contributed by atoms with Crippen molar-refractivity contribution in [1.29, 1.82) is 0 Å². The Kier molecular flexibility index (Phi) is 4.60. The fraction of sp³-hybridized carbons (Fsp3) is 0.429. The van der Waals surface area contributed by atoms with Gasteiger partial charge in [-0.05, 0) is 18.6 Å². The van der Waals surface area contributed by atoms with E-state index < -0.39 is 9.84 Å². The summed E-state index contributed by atoms with van der Waals surface area (Å²) in [5.41, 5.74) is 0.850. The number of amides is 1. The molecule has 6 nitrogen and oxygen atoms in total. The Hall–Kier alpha value is -1.91. The molecule has 1 aromatic heterocycles. The Bertz CT molecular complexity index is 686. The number of hydrogen-bond acceptors (Lipinski definition) is 5. The molecule has 0 aromatic carbocycles. The molecule has 1 unspecified atom stereocenters. The van der Waals surface area contributed by atoms with E-state index in [0.29, 0.717) is 12.0 Å². The zero-order valence-electron chi connectivity index (χ0n) is 11.6. The van der Waals surface area contributed by atoms with Crippen molar-refractivity contribution < 1.29 is 18.3 Å². The van der Waals surface area contributed by atoms with Crippen LogP contribution in [0.15, 0.2) is 18.3 Å². The Labute approximate surface area is 123 Å². The zero-order chi connectivity index (χ0) is 15.5. The van der Waals surface area contributed by atoms with Crippen LogP contribution in [0.25, 0.3) is 0 Å². The van der Waals surface area contributed by atoms with Gasteiger partial charge in [-0.2, -0.15) is 0 Å². The maximum absolute atomic E-state index is 12.3. The highest BCUT2D eigenvalue weighted by Crippen LogP contribution is 2.18. The van der Waals surface area contributed by atoms with Crippen LogP contribution in [0.1, 0.15) is 22.5 Å². The van der Waals surface area contributed by atoms with E-state index in [-0.39, 0.29) is 35.8 Å². The molecule has 1 aromatic rings. The van der Waals surface area contributed by atoms with Crippen molar-refractivity contribution in [3.05, 3.63) is 29.6 Å². The minimum absolute atomic E-state index is 0.00923. The van der Waals surface area contributed by atoms with Gasteiger partial charge in [-0.1, -0.05) is 11.8 Å². The molecule has 0 saturated carbocycles. The van der Waals surface area contributed by atoms with Gasteiger partial charge in [0.15, 0.2) is 9.84 Å². The topological polar surface area (TPSA) is 87.6 Å². The maximum Gasteiger partial charge on any atom is 0.272 e. The SMILES string of the molecule is CN(C(=O)c1ccc(C#CCO)cn1)C1CCS(=O)(=O)C1.